The number of carbonyl (C=O) groups excluding carboxylic acids is 1. The highest BCUT2D eigenvalue weighted by Gasteiger charge is 2.26. The smallest absolute Gasteiger partial charge is 0.260 e. The summed E-state index contributed by atoms with van der Waals surface area (Å²) in [5, 5.41) is 13.4. The fraction of sp³-hybridized carbons (Fsp3) is 0.480. The second-order valence-corrected chi connectivity index (χ2v) is 8.71. The van der Waals surface area contributed by atoms with Crippen LogP contribution in [0.25, 0.3) is 0 Å². The van der Waals surface area contributed by atoms with Crippen LogP contribution in [0.4, 0.5) is 11.4 Å². The van der Waals surface area contributed by atoms with Crippen LogP contribution in [0.5, 0.6) is 5.75 Å². The number of nitrogens with two attached hydrogens (primary N) is 1. The van der Waals surface area contributed by atoms with E-state index in [9.17, 15) is 9.90 Å². The number of ether oxygens (including phenoxy) is 1. The average molecular weight is 441 g/mol. The number of aliphatic hydroxyl groups is 1. The number of aryl methyl sites for hydroxylation is 1. The van der Waals surface area contributed by atoms with Gasteiger partial charge in [-0.25, -0.2) is 0 Å². The minimum atomic E-state index is -0.628. The van der Waals surface area contributed by atoms with E-state index in [0.29, 0.717) is 12.3 Å². The number of nitrogen functional groups attached to an aromatic ring is 1. The molecule has 1 heterocycles. The number of hydrogen-bond donors (Lipinski definition) is 3. The first-order valence-electron chi connectivity index (χ1n) is 11.2. The largest absolute Gasteiger partial charge is 0.483 e. The van der Waals surface area contributed by atoms with Crippen molar-refractivity contribution in [2.75, 3.05) is 44.3 Å². The third-order valence-electron chi connectivity index (χ3n) is 6.50. The Morgan fingerprint density at radius 2 is 1.88 bits per heavy atom. The van der Waals surface area contributed by atoms with Crippen molar-refractivity contribution in [1.29, 1.82) is 0 Å². The van der Waals surface area contributed by atoms with Gasteiger partial charge in [-0.05, 0) is 68.5 Å². The zero-order chi connectivity index (χ0) is 23.3. The van der Waals surface area contributed by atoms with E-state index in [2.05, 4.69) is 10.2 Å². The summed E-state index contributed by atoms with van der Waals surface area (Å²) in [5.41, 5.74) is 10.7. The Balaban J connectivity index is 1.44. The Labute approximate surface area is 191 Å². The third kappa shape index (κ3) is 5.93. The zero-order valence-electron chi connectivity index (χ0n) is 19.6. The lowest BCUT2D eigenvalue weighted by atomic mass is 10.0. The Morgan fingerprint density at radius 3 is 2.53 bits per heavy atom. The van der Waals surface area contributed by atoms with E-state index >= 15 is 0 Å². The van der Waals surface area contributed by atoms with Crippen molar-refractivity contribution in [3.8, 4) is 5.75 Å². The fourth-order valence-corrected chi connectivity index (χ4v) is 4.17. The maximum atomic E-state index is 12.7. The molecule has 1 saturated heterocycles. The number of anilines is 2. The molecule has 1 atom stereocenters. The minimum Gasteiger partial charge on any atom is -0.483 e. The minimum absolute atomic E-state index is 0.0140. The number of β-amino-alcohol motifs (C(OH)–C–C–N with tert-alkyl or cyclic N) is 1. The van der Waals surface area contributed by atoms with Crippen LogP contribution in [0.15, 0.2) is 36.4 Å². The molecule has 2 aromatic rings. The molecule has 1 unspecified atom stereocenters. The first kappa shape index (κ1) is 23.9. The van der Waals surface area contributed by atoms with E-state index in [1.54, 1.807) is 0 Å². The highest BCUT2D eigenvalue weighted by Crippen LogP contribution is 2.29. The molecule has 7 heteroatoms. The van der Waals surface area contributed by atoms with Crippen LogP contribution < -0.4 is 15.8 Å². The second kappa shape index (κ2) is 10.7. The summed E-state index contributed by atoms with van der Waals surface area (Å²) in [6.45, 7) is 8.13. The predicted molar refractivity (Wildman–Crippen MR) is 129 cm³/mol. The molecule has 0 radical (unpaired) electrons. The summed E-state index contributed by atoms with van der Waals surface area (Å²) < 4.78 is 5.86. The van der Waals surface area contributed by atoms with E-state index in [4.69, 9.17) is 10.5 Å². The number of piperidine rings is 1. The van der Waals surface area contributed by atoms with Crippen molar-refractivity contribution >= 4 is 17.3 Å². The van der Waals surface area contributed by atoms with Crippen LogP contribution in [0.1, 0.15) is 29.5 Å². The van der Waals surface area contributed by atoms with Gasteiger partial charge in [-0.3, -0.25) is 9.69 Å². The normalized spacial score (nSPS) is 15.9. The molecule has 0 bridgehead atoms. The molecular weight excluding hydrogens is 404 g/mol. The Kier molecular flexibility index (Phi) is 7.99. The van der Waals surface area contributed by atoms with Gasteiger partial charge in [0.05, 0.1) is 0 Å². The van der Waals surface area contributed by atoms with Crippen LogP contribution >= 0.6 is 0 Å². The zero-order valence-corrected chi connectivity index (χ0v) is 19.6. The summed E-state index contributed by atoms with van der Waals surface area (Å²) in [4.78, 5) is 16.8. The molecule has 0 aliphatic carbocycles. The molecule has 0 aromatic heterocycles. The number of para-hydroxylation sites is 1. The number of likely N-dealkylation sites (tertiary alicyclic amines) is 1. The van der Waals surface area contributed by atoms with E-state index in [0.717, 1.165) is 54.0 Å². The van der Waals surface area contributed by atoms with Gasteiger partial charge in [0.1, 0.15) is 12.0 Å². The first-order chi connectivity index (χ1) is 15.3. The van der Waals surface area contributed by atoms with E-state index in [1.165, 1.54) is 0 Å². The lowest BCUT2D eigenvalue weighted by Gasteiger charge is -2.37. The Morgan fingerprint density at radius 1 is 1.22 bits per heavy atom. The van der Waals surface area contributed by atoms with Crippen LogP contribution in [0.2, 0.25) is 0 Å². The van der Waals surface area contributed by atoms with Crippen molar-refractivity contribution < 1.29 is 14.6 Å². The van der Waals surface area contributed by atoms with Crippen molar-refractivity contribution in [1.82, 2.24) is 9.80 Å². The SMILES string of the molecule is Cc1cc(OCC(=O)N(C)C2CCN(CC(O)Nc3ccccc3)CC2)c(C)c(C)c1N. The lowest BCUT2D eigenvalue weighted by Crippen LogP contribution is -2.48. The number of carbonyl (C=O) groups is 1. The van der Waals surface area contributed by atoms with E-state index in [1.807, 2.05) is 69.1 Å². The van der Waals surface area contributed by atoms with Gasteiger partial charge in [-0.1, -0.05) is 18.2 Å². The molecule has 0 spiro atoms. The monoisotopic (exact) mass is 440 g/mol. The summed E-state index contributed by atoms with van der Waals surface area (Å²) in [6.07, 6.45) is 1.12. The van der Waals surface area contributed by atoms with Crippen LogP contribution in [-0.4, -0.2) is 66.4 Å². The summed E-state index contributed by atoms with van der Waals surface area (Å²) >= 11 is 0. The number of aliphatic hydroxyl groups excluding tert-OH is 1. The van der Waals surface area contributed by atoms with Gasteiger partial charge in [0, 0.05) is 44.1 Å². The quantitative estimate of drug-likeness (QED) is 0.432. The Hall–Kier alpha value is -2.77. The second-order valence-electron chi connectivity index (χ2n) is 8.71. The van der Waals surface area contributed by atoms with Crippen molar-refractivity contribution in [3.63, 3.8) is 0 Å². The fourth-order valence-electron chi connectivity index (χ4n) is 4.17. The maximum Gasteiger partial charge on any atom is 0.260 e. The summed E-state index contributed by atoms with van der Waals surface area (Å²) in [5.74, 6) is 0.687. The molecule has 1 amide bonds. The first-order valence-corrected chi connectivity index (χ1v) is 11.2. The summed E-state index contributed by atoms with van der Waals surface area (Å²) in [6, 6.07) is 11.8. The lowest BCUT2D eigenvalue weighted by molar-refractivity contribution is -0.135. The molecule has 1 fully saturated rings. The van der Waals surface area contributed by atoms with E-state index < -0.39 is 6.23 Å². The number of nitrogens with one attached hydrogen (secondary N) is 1. The molecule has 1 aliphatic rings. The van der Waals surface area contributed by atoms with Gasteiger partial charge in [0.25, 0.3) is 5.91 Å². The van der Waals surface area contributed by atoms with Crippen LogP contribution in [0.3, 0.4) is 0 Å². The topological polar surface area (TPSA) is 91.1 Å². The molecule has 7 nitrogen and oxygen atoms in total. The van der Waals surface area contributed by atoms with Gasteiger partial charge in [-0.15, -0.1) is 0 Å². The van der Waals surface area contributed by atoms with Crippen LogP contribution in [0, 0.1) is 20.8 Å². The van der Waals surface area contributed by atoms with Crippen LogP contribution in [-0.2, 0) is 4.79 Å². The molecule has 174 valence electrons. The molecule has 0 saturated carbocycles. The standard InChI is InChI=1S/C25H36N4O3/c1-17-14-22(18(2)19(3)25(17)26)32-16-24(31)28(4)21-10-12-29(13-11-21)15-23(30)27-20-8-6-5-7-9-20/h5-9,14,21,23,27,30H,10-13,15-16,26H2,1-4H3. The Bertz CT molecular complexity index is 911. The third-order valence-corrected chi connectivity index (χ3v) is 6.50. The molecule has 2 aromatic carbocycles. The number of likely N-dealkylation sites (N-methyl/N-ethyl adjacent to an activating group) is 1. The van der Waals surface area contributed by atoms with Gasteiger partial charge in [-0.2, -0.15) is 0 Å². The predicted octanol–water partition coefficient (Wildman–Crippen LogP) is 2.93. The van der Waals surface area contributed by atoms with Crippen molar-refractivity contribution in [2.24, 2.45) is 0 Å². The number of benzene rings is 2. The number of amides is 1. The number of rotatable bonds is 8. The van der Waals surface area contributed by atoms with Crippen molar-refractivity contribution in [2.45, 2.75) is 45.9 Å². The van der Waals surface area contributed by atoms with Crippen molar-refractivity contribution in [3.05, 3.63) is 53.1 Å². The molecular formula is C25H36N4O3. The highest BCUT2D eigenvalue weighted by molar-refractivity contribution is 5.78. The van der Waals surface area contributed by atoms with Gasteiger partial charge in [0.15, 0.2) is 6.61 Å². The number of hydrogen-bond acceptors (Lipinski definition) is 6. The molecule has 4 N–H and O–H groups in total. The van der Waals surface area contributed by atoms with Gasteiger partial charge in [0.2, 0.25) is 0 Å². The average Bonchev–Trinajstić information content (AvgIpc) is 2.79. The van der Waals surface area contributed by atoms with Gasteiger partial charge >= 0.3 is 0 Å². The van der Waals surface area contributed by atoms with E-state index in [-0.39, 0.29) is 18.6 Å². The molecule has 3 rings (SSSR count). The number of nitrogens with zero attached hydrogens (tertiary/aromatic N) is 2. The summed E-state index contributed by atoms with van der Waals surface area (Å²) in [7, 11) is 1.85. The molecule has 32 heavy (non-hydrogen) atoms. The van der Waals surface area contributed by atoms with Gasteiger partial charge < -0.3 is 25.8 Å². The highest BCUT2D eigenvalue weighted by atomic mass is 16.5. The maximum absolute atomic E-state index is 12.7. The molecule has 1 aliphatic heterocycles.